The maximum Gasteiger partial charge on any atom is 0.311 e. The highest BCUT2D eigenvalue weighted by Gasteiger charge is 2.12. The quantitative estimate of drug-likeness (QED) is 0.312. The molecule has 0 aliphatic carbocycles. The topological polar surface area (TPSA) is 118 Å². The van der Waals surface area contributed by atoms with E-state index in [1.165, 1.54) is 18.5 Å². The third kappa shape index (κ3) is 8.69. The van der Waals surface area contributed by atoms with Gasteiger partial charge in [0, 0.05) is 17.5 Å². The number of hydrogen-bond acceptors (Lipinski definition) is 8. The van der Waals surface area contributed by atoms with Crippen molar-refractivity contribution in [2.24, 2.45) is 0 Å². The van der Waals surface area contributed by atoms with Crippen LogP contribution in [-0.2, 0) is 20.8 Å². The van der Waals surface area contributed by atoms with E-state index in [1.807, 2.05) is 0 Å². The molecule has 0 aliphatic heterocycles. The zero-order chi connectivity index (χ0) is 24.8. The zero-order valence-corrected chi connectivity index (χ0v) is 19.6. The fraction of sp³-hybridized carbons (Fsp3) is 0.261. The summed E-state index contributed by atoms with van der Waals surface area (Å²) in [6, 6.07) is 8.25. The molecule has 0 atom stereocenters. The number of rotatable bonds is 10. The Bertz CT molecular complexity index is 1000. The highest BCUT2D eigenvalue weighted by atomic mass is 32.1. The van der Waals surface area contributed by atoms with Crippen LogP contribution in [0.15, 0.2) is 36.9 Å². The Balaban J connectivity index is 0.000000346. The molecule has 0 aromatic heterocycles. The molecule has 0 saturated heterocycles. The lowest BCUT2D eigenvalue weighted by Crippen LogP contribution is -2.11. The molecule has 0 bridgehead atoms. The van der Waals surface area contributed by atoms with Crippen LogP contribution in [0.5, 0.6) is 28.7 Å². The number of ether oxygens (including phenoxy) is 5. The Labute approximate surface area is 195 Å². The number of esters is 1. The summed E-state index contributed by atoms with van der Waals surface area (Å²) in [5.74, 6) is 0.815. The van der Waals surface area contributed by atoms with Crippen LogP contribution < -0.4 is 23.7 Å². The summed E-state index contributed by atoms with van der Waals surface area (Å²) in [5.41, 5.74) is 1.40. The van der Waals surface area contributed by atoms with Gasteiger partial charge in [-0.15, -0.1) is 0 Å². The van der Waals surface area contributed by atoms with Crippen LogP contribution in [0.2, 0.25) is 0 Å². The predicted molar refractivity (Wildman–Crippen MR) is 125 cm³/mol. The minimum Gasteiger partial charge on any atom is -0.496 e. The third-order valence-electron chi connectivity index (χ3n) is 4.10. The molecule has 0 unspecified atom stereocenters. The number of carbonyl (C=O) groups is 2. The first kappa shape index (κ1) is 27.2. The van der Waals surface area contributed by atoms with E-state index in [4.69, 9.17) is 28.8 Å². The van der Waals surface area contributed by atoms with Crippen LogP contribution in [0, 0.1) is 0 Å². The number of carbonyl (C=O) groups excluding carboxylic acids is 1. The smallest absolute Gasteiger partial charge is 0.311 e. The van der Waals surface area contributed by atoms with Crippen LogP contribution in [0.25, 0.3) is 6.08 Å². The van der Waals surface area contributed by atoms with Gasteiger partial charge in [0.2, 0.25) is 0 Å². The predicted octanol–water partition coefficient (Wildman–Crippen LogP) is 3.18. The van der Waals surface area contributed by atoms with Crippen LogP contribution >= 0.6 is 0 Å². The Hall–Kier alpha value is -3.79. The molecule has 9 nitrogen and oxygen atoms in total. The molecule has 33 heavy (non-hydrogen) atoms. The van der Waals surface area contributed by atoms with Gasteiger partial charge >= 0.3 is 11.9 Å². The van der Waals surface area contributed by atoms with Gasteiger partial charge in [0.25, 0.3) is 0 Å². The summed E-state index contributed by atoms with van der Waals surface area (Å²) in [6.45, 7) is 3.70. The molecule has 1 N–H and O–H groups in total. The highest BCUT2D eigenvalue weighted by Crippen LogP contribution is 2.34. The molecule has 2 aromatic carbocycles. The molecular formula is C23H26O9S. The Morgan fingerprint density at radius 1 is 0.909 bits per heavy atom. The van der Waals surface area contributed by atoms with Crippen molar-refractivity contribution in [1.82, 2.24) is 0 Å². The molecule has 10 heteroatoms. The minimum absolute atomic E-state index is 0.153. The summed E-state index contributed by atoms with van der Waals surface area (Å²) in [7, 11) is 6.21. The number of carboxylic acid groups (broad SMARTS) is 1. The van der Waals surface area contributed by atoms with Gasteiger partial charge in [-0.3, -0.25) is 9.59 Å². The average molecular weight is 479 g/mol. The molecule has 0 aliphatic rings. The molecule has 2 aromatic rings. The van der Waals surface area contributed by atoms with Crippen LogP contribution in [-0.4, -0.2) is 55.1 Å². The molecule has 0 heterocycles. The van der Waals surface area contributed by atoms with Crippen molar-refractivity contribution >= 4 is 34.6 Å². The number of aliphatic carboxylic acids is 1. The standard InChI is InChI=1S/C12H12O6S.C11H14O3/c1-17-9-3-2-8(7-19-16)6-10(9)18-12(15)5-4-11(13)14;1-5-9-10(13-3)6-8(12-2)7-11(9)14-4/h2-3,6-7H,4-5H2,1H3,(H,13,14);5-7H,1H2,2-4H3. The van der Waals surface area contributed by atoms with Crippen LogP contribution in [0.1, 0.15) is 24.0 Å². The van der Waals surface area contributed by atoms with Crippen LogP contribution in [0.4, 0.5) is 0 Å². The molecule has 0 spiro atoms. The van der Waals surface area contributed by atoms with Crippen molar-refractivity contribution in [3.05, 3.63) is 48.0 Å². The van der Waals surface area contributed by atoms with E-state index in [2.05, 4.69) is 6.58 Å². The second-order valence-corrected chi connectivity index (χ2v) is 6.57. The van der Waals surface area contributed by atoms with Crippen molar-refractivity contribution in [1.29, 1.82) is 0 Å². The molecule has 0 radical (unpaired) electrons. The Kier molecular flexibility index (Phi) is 11.8. The van der Waals surface area contributed by atoms with Crippen molar-refractivity contribution in [3.8, 4) is 28.7 Å². The molecule has 2 rings (SSSR count). The zero-order valence-electron chi connectivity index (χ0n) is 18.8. The second-order valence-electron chi connectivity index (χ2n) is 6.14. The van der Waals surface area contributed by atoms with Gasteiger partial charge in [0.1, 0.15) is 17.2 Å². The first-order valence-electron chi connectivity index (χ1n) is 9.48. The monoisotopic (exact) mass is 478 g/mol. The average Bonchev–Trinajstić information content (AvgIpc) is 2.82. The van der Waals surface area contributed by atoms with Gasteiger partial charge in [-0.05, 0) is 17.7 Å². The van der Waals surface area contributed by atoms with Gasteiger partial charge in [0.05, 0.1) is 58.1 Å². The second kappa shape index (κ2) is 14.3. The van der Waals surface area contributed by atoms with Crippen LogP contribution in [0.3, 0.4) is 0 Å². The van der Waals surface area contributed by atoms with Gasteiger partial charge in [-0.25, -0.2) is 4.21 Å². The van der Waals surface area contributed by atoms with E-state index in [0.29, 0.717) is 28.6 Å². The first-order chi connectivity index (χ1) is 15.8. The number of carboxylic acids is 1. The lowest BCUT2D eigenvalue weighted by atomic mass is 10.1. The molecular weight excluding hydrogens is 452 g/mol. The van der Waals surface area contributed by atoms with Crippen molar-refractivity contribution in [3.63, 3.8) is 0 Å². The minimum atomic E-state index is -1.08. The summed E-state index contributed by atoms with van der Waals surface area (Å²) < 4.78 is 35.9. The van der Waals surface area contributed by atoms with E-state index in [9.17, 15) is 13.8 Å². The lowest BCUT2D eigenvalue weighted by Gasteiger charge is -2.11. The summed E-state index contributed by atoms with van der Waals surface area (Å²) in [4.78, 5) is 21.8. The first-order valence-corrected chi connectivity index (χ1v) is 10.3. The maximum absolute atomic E-state index is 11.4. The molecule has 0 amide bonds. The SMILES string of the molecule is C=Cc1c(OC)cc(OC)cc1OC.COc1ccc(C=S=O)cc1OC(=O)CCC(=O)O. The fourth-order valence-corrected chi connectivity index (χ4v) is 2.78. The third-order valence-corrected chi connectivity index (χ3v) is 4.46. The Morgan fingerprint density at radius 3 is 1.97 bits per heavy atom. The largest absolute Gasteiger partial charge is 0.496 e. The van der Waals surface area contributed by atoms with E-state index < -0.39 is 11.9 Å². The van der Waals surface area contributed by atoms with Gasteiger partial charge in [-0.1, -0.05) is 18.7 Å². The molecule has 0 saturated carbocycles. The van der Waals surface area contributed by atoms with E-state index in [0.717, 1.165) is 5.56 Å². The summed E-state index contributed by atoms with van der Waals surface area (Å²) in [6.07, 6.45) is 1.16. The van der Waals surface area contributed by atoms with E-state index in [-0.39, 0.29) is 29.8 Å². The normalized spacial score (nSPS) is 9.45. The van der Waals surface area contributed by atoms with E-state index >= 15 is 0 Å². The van der Waals surface area contributed by atoms with E-state index in [1.54, 1.807) is 51.7 Å². The van der Waals surface area contributed by atoms with Gasteiger partial charge in [0.15, 0.2) is 11.5 Å². The van der Waals surface area contributed by atoms with Crippen molar-refractivity contribution in [2.45, 2.75) is 12.8 Å². The summed E-state index contributed by atoms with van der Waals surface area (Å²) >= 11 is 0.276. The van der Waals surface area contributed by atoms with Gasteiger partial charge in [-0.2, -0.15) is 0 Å². The van der Waals surface area contributed by atoms with Gasteiger partial charge < -0.3 is 28.8 Å². The fourth-order valence-electron chi connectivity index (χ4n) is 2.52. The highest BCUT2D eigenvalue weighted by molar-refractivity contribution is 7.65. The maximum atomic E-state index is 11.4. The molecule has 178 valence electrons. The lowest BCUT2D eigenvalue weighted by molar-refractivity contribution is -0.142. The summed E-state index contributed by atoms with van der Waals surface area (Å²) in [5, 5.41) is 9.81. The van der Waals surface area contributed by atoms with Crippen molar-refractivity contribution < 1.29 is 42.6 Å². The number of methoxy groups -OCH3 is 4. The van der Waals surface area contributed by atoms with Crippen molar-refractivity contribution in [2.75, 3.05) is 28.4 Å². The number of hydrogen-bond donors (Lipinski definition) is 1. The molecule has 0 fully saturated rings. The number of benzene rings is 2. The Morgan fingerprint density at radius 2 is 1.52 bits per heavy atom.